The number of carbonyl (C=O) groups excluding carboxylic acids is 1. The van der Waals surface area contributed by atoms with Gasteiger partial charge in [-0.3, -0.25) is 13.9 Å². The fourth-order valence-electron chi connectivity index (χ4n) is 0.778. The Balaban J connectivity index is 4.62. The van der Waals surface area contributed by atoms with Gasteiger partial charge in [-0.05, 0) is 0 Å². The van der Waals surface area contributed by atoms with E-state index in [1.165, 1.54) is 0 Å². The quantitative estimate of drug-likeness (QED) is 0.518. The van der Waals surface area contributed by atoms with E-state index in [9.17, 15) is 21.6 Å². The molecule has 0 aliphatic carbocycles. The first-order valence-corrected chi connectivity index (χ1v) is 6.82. The van der Waals surface area contributed by atoms with E-state index in [2.05, 4.69) is 0 Å². The first kappa shape index (κ1) is 14.3. The Bertz CT molecular complexity index is 422. The lowest BCUT2D eigenvalue weighted by atomic mass is 10.4. The van der Waals surface area contributed by atoms with E-state index in [1.54, 1.807) is 0 Å². The molecule has 0 aromatic heterocycles. The van der Waals surface area contributed by atoms with Gasteiger partial charge in [-0.25, -0.2) is 0 Å². The fourth-order valence-corrected chi connectivity index (χ4v) is 2.19. The molecule has 0 aliphatic heterocycles. The Morgan fingerprint density at radius 2 is 1.73 bits per heavy atom. The summed E-state index contributed by atoms with van der Waals surface area (Å²) in [5.74, 6) is -1.62. The molecule has 15 heavy (non-hydrogen) atoms. The Kier molecular flexibility index (Phi) is 4.65. The highest BCUT2D eigenvalue weighted by Gasteiger charge is 2.25. The molecule has 0 spiro atoms. The molecule has 10 heteroatoms. The maximum atomic E-state index is 10.6. The Hall–Kier alpha value is -0.710. The van der Waals surface area contributed by atoms with Crippen molar-refractivity contribution in [2.75, 3.05) is 5.75 Å². The predicted molar refractivity (Wildman–Crippen MR) is 50.2 cm³/mol. The summed E-state index contributed by atoms with van der Waals surface area (Å²) in [6, 6.07) is 0. The third-order valence-electron chi connectivity index (χ3n) is 1.36. The second-order valence-corrected chi connectivity index (χ2v) is 5.95. The minimum absolute atomic E-state index is 0.628. The maximum absolute atomic E-state index is 10.6. The van der Waals surface area contributed by atoms with Crippen molar-refractivity contribution in [1.29, 1.82) is 0 Å². The number of nitrogens with one attached hydrogen (secondary N) is 1. The molecule has 0 heterocycles. The first-order chi connectivity index (χ1) is 6.52. The summed E-state index contributed by atoms with van der Waals surface area (Å²) in [6.45, 7) is 1.01. The van der Waals surface area contributed by atoms with E-state index >= 15 is 0 Å². The van der Waals surface area contributed by atoms with E-state index in [1.807, 2.05) is 5.32 Å². The molecule has 8 nitrogen and oxygen atoms in total. The van der Waals surface area contributed by atoms with Crippen molar-refractivity contribution in [3.05, 3.63) is 0 Å². The fraction of sp³-hybridized carbons (Fsp3) is 0.800. The van der Waals surface area contributed by atoms with Crippen LogP contribution in [0.4, 0.5) is 0 Å². The highest BCUT2D eigenvalue weighted by Crippen LogP contribution is 2.02. The van der Waals surface area contributed by atoms with Crippen LogP contribution in [-0.4, -0.2) is 43.0 Å². The van der Waals surface area contributed by atoms with Crippen molar-refractivity contribution in [2.45, 2.75) is 18.7 Å². The van der Waals surface area contributed by atoms with Gasteiger partial charge < -0.3 is 5.32 Å². The second kappa shape index (κ2) is 4.88. The normalized spacial score (nSPS) is 14.6. The zero-order valence-corrected chi connectivity index (χ0v) is 9.38. The first-order valence-electron chi connectivity index (χ1n) is 3.71. The number of hydrogen-bond acceptors (Lipinski definition) is 5. The lowest BCUT2D eigenvalue weighted by molar-refractivity contribution is -0.119. The van der Waals surface area contributed by atoms with Crippen molar-refractivity contribution in [3.63, 3.8) is 0 Å². The highest BCUT2D eigenvalue weighted by atomic mass is 32.2. The number of carbonyl (C=O) groups is 1. The molecule has 1 atom stereocenters. The molecule has 0 saturated carbocycles. The molecule has 0 rings (SSSR count). The van der Waals surface area contributed by atoms with E-state index in [0.717, 1.165) is 6.92 Å². The van der Waals surface area contributed by atoms with Crippen LogP contribution in [-0.2, 0) is 25.0 Å². The zero-order chi connectivity index (χ0) is 12.3. The van der Waals surface area contributed by atoms with Gasteiger partial charge in [0.25, 0.3) is 20.2 Å². The van der Waals surface area contributed by atoms with Crippen LogP contribution in [0.2, 0.25) is 0 Å². The average molecular weight is 261 g/mol. The lowest BCUT2D eigenvalue weighted by Gasteiger charge is -2.13. The number of amides is 1. The standard InChI is InChI=1S/C5H11NO7S2/c1-4(7)6-5(15(11,12)13)2-3-14(8,9)10/h5H,2-3H2,1H3,(H,6,7)(H,8,9,10)(H,11,12,13). The Labute approximate surface area is 87.2 Å². The lowest BCUT2D eigenvalue weighted by Crippen LogP contribution is -2.40. The smallest absolute Gasteiger partial charge is 0.286 e. The van der Waals surface area contributed by atoms with Crippen molar-refractivity contribution in [1.82, 2.24) is 5.32 Å². The molecule has 0 aromatic carbocycles. The summed E-state index contributed by atoms with van der Waals surface area (Å²) in [6.07, 6.45) is -0.628. The summed E-state index contributed by atoms with van der Waals surface area (Å²) in [5, 5.41) is 0.101. The van der Waals surface area contributed by atoms with E-state index in [4.69, 9.17) is 9.11 Å². The topological polar surface area (TPSA) is 138 Å². The van der Waals surface area contributed by atoms with Gasteiger partial charge in [0.2, 0.25) is 5.91 Å². The summed E-state index contributed by atoms with van der Waals surface area (Å²) in [5.41, 5.74) is 0. The van der Waals surface area contributed by atoms with Gasteiger partial charge in [-0.15, -0.1) is 0 Å². The largest absolute Gasteiger partial charge is 0.338 e. The number of hydrogen-bond donors (Lipinski definition) is 3. The van der Waals surface area contributed by atoms with Crippen molar-refractivity contribution < 1.29 is 30.7 Å². The molecule has 0 saturated heterocycles. The minimum Gasteiger partial charge on any atom is -0.338 e. The number of rotatable bonds is 5. The SMILES string of the molecule is CC(=O)NC(CCS(=O)(=O)O)S(=O)(=O)O. The van der Waals surface area contributed by atoms with Crippen LogP contribution in [0.25, 0.3) is 0 Å². The van der Waals surface area contributed by atoms with E-state index in [-0.39, 0.29) is 0 Å². The molecule has 3 N–H and O–H groups in total. The molecule has 0 aliphatic rings. The van der Waals surface area contributed by atoms with Crippen LogP contribution in [0.3, 0.4) is 0 Å². The Morgan fingerprint density at radius 3 is 2.00 bits per heavy atom. The average Bonchev–Trinajstić information content (AvgIpc) is 1.93. The van der Waals surface area contributed by atoms with Gasteiger partial charge in [0.15, 0.2) is 5.37 Å². The van der Waals surface area contributed by atoms with Crippen LogP contribution < -0.4 is 5.32 Å². The van der Waals surface area contributed by atoms with Gasteiger partial charge in [0.1, 0.15) is 0 Å². The highest BCUT2D eigenvalue weighted by molar-refractivity contribution is 7.87. The van der Waals surface area contributed by atoms with Crippen LogP contribution in [0.5, 0.6) is 0 Å². The van der Waals surface area contributed by atoms with Gasteiger partial charge in [-0.2, -0.15) is 16.8 Å². The van der Waals surface area contributed by atoms with Crippen LogP contribution >= 0.6 is 0 Å². The molecule has 1 unspecified atom stereocenters. The van der Waals surface area contributed by atoms with Crippen molar-refractivity contribution in [3.8, 4) is 0 Å². The zero-order valence-electron chi connectivity index (χ0n) is 7.74. The third kappa shape index (κ3) is 7.25. The van der Waals surface area contributed by atoms with Crippen LogP contribution in [0.1, 0.15) is 13.3 Å². The molecule has 90 valence electrons. The van der Waals surface area contributed by atoms with Gasteiger partial charge >= 0.3 is 0 Å². The van der Waals surface area contributed by atoms with Gasteiger partial charge in [0, 0.05) is 13.3 Å². The summed E-state index contributed by atoms with van der Waals surface area (Å²) in [7, 11) is -8.93. The molecule has 0 fully saturated rings. The summed E-state index contributed by atoms with van der Waals surface area (Å²) in [4.78, 5) is 10.5. The Morgan fingerprint density at radius 1 is 1.27 bits per heavy atom. The monoisotopic (exact) mass is 261 g/mol. The van der Waals surface area contributed by atoms with Crippen molar-refractivity contribution >= 4 is 26.1 Å². The van der Waals surface area contributed by atoms with E-state index in [0.29, 0.717) is 0 Å². The van der Waals surface area contributed by atoms with Crippen LogP contribution in [0.15, 0.2) is 0 Å². The van der Waals surface area contributed by atoms with Gasteiger partial charge in [0.05, 0.1) is 5.75 Å². The molecular formula is C5H11NO7S2. The molecule has 0 aromatic rings. The summed E-state index contributed by atoms with van der Waals surface area (Å²) < 4.78 is 58.9. The summed E-state index contributed by atoms with van der Waals surface area (Å²) >= 11 is 0. The molecule has 1 amide bonds. The van der Waals surface area contributed by atoms with E-state index < -0.39 is 43.7 Å². The van der Waals surface area contributed by atoms with Gasteiger partial charge in [-0.1, -0.05) is 0 Å². The molecule has 0 bridgehead atoms. The van der Waals surface area contributed by atoms with Crippen molar-refractivity contribution in [2.24, 2.45) is 0 Å². The predicted octanol–water partition coefficient (Wildman–Crippen LogP) is -1.39. The van der Waals surface area contributed by atoms with Crippen LogP contribution in [0, 0.1) is 0 Å². The third-order valence-corrected chi connectivity index (χ3v) is 3.19. The minimum atomic E-state index is -4.59. The molecule has 0 radical (unpaired) electrons. The maximum Gasteiger partial charge on any atom is 0.286 e. The molecular weight excluding hydrogens is 250 g/mol. The second-order valence-electron chi connectivity index (χ2n) is 2.78.